The number of fused-ring (bicyclic) bond motifs is 1. The lowest BCUT2D eigenvalue weighted by Gasteiger charge is -2.20. The van der Waals surface area contributed by atoms with Gasteiger partial charge in [0.2, 0.25) is 10.0 Å². The first-order valence-corrected chi connectivity index (χ1v) is 11.2. The van der Waals surface area contributed by atoms with E-state index in [9.17, 15) is 8.42 Å². The Morgan fingerprint density at radius 2 is 1.76 bits per heavy atom. The molecule has 1 saturated heterocycles. The number of anilines is 1. The van der Waals surface area contributed by atoms with Crippen molar-refractivity contribution < 1.29 is 13.2 Å². The van der Waals surface area contributed by atoms with E-state index in [2.05, 4.69) is 23.2 Å². The molecule has 1 fully saturated rings. The first-order valence-electron chi connectivity index (χ1n) is 9.71. The molecule has 7 heteroatoms. The Morgan fingerprint density at radius 3 is 2.45 bits per heavy atom. The Hall–Kier alpha value is -2.64. The van der Waals surface area contributed by atoms with E-state index in [1.807, 2.05) is 30.1 Å². The summed E-state index contributed by atoms with van der Waals surface area (Å²) >= 11 is 0. The minimum absolute atomic E-state index is 0.260. The van der Waals surface area contributed by atoms with Crippen molar-refractivity contribution in [3.8, 4) is 5.75 Å². The van der Waals surface area contributed by atoms with E-state index in [-0.39, 0.29) is 4.90 Å². The van der Waals surface area contributed by atoms with Crippen LogP contribution in [0, 0.1) is 0 Å². The van der Waals surface area contributed by atoms with Crippen molar-refractivity contribution in [2.45, 2.75) is 24.3 Å². The van der Waals surface area contributed by atoms with Gasteiger partial charge in [-0.2, -0.15) is 4.31 Å². The summed E-state index contributed by atoms with van der Waals surface area (Å²) in [6.45, 7) is 1.86. The van der Waals surface area contributed by atoms with Crippen LogP contribution in [-0.4, -0.2) is 45.0 Å². The Morgan fingerprint density at radius 1 is 1.03 bits per heavy atom. The number of nitrogens with zero attached hydrogens (tertiary/aromatic N) is 3. The summed E-state index contributed by atoms with van der Waals surface area (Å²) in [5, 5.41) is 2.28. The van der Waals surface area contributed by atoms with Gasteiger partial charge in [-0.05, 0) is 59.5 Å². The third-order valence-corrected chi connectivity index (χ3v) is 7.23. The number of hydrogen-bond donors (Lipinski definition) is 0. The molecule has 0 atom stereocenters. The summed E-state index contributed by atoms with van der Waals surface area (Å²) in [4.78, 5) is 6.67. The van der Waals surface area contributed by atoms with Gasteiger partial charge in [-0.25, -0.2) is 13.4 Å². The van der Waals surface area contributed by atoms with E-state index in [1.54, 1.807) is 19.2 Å². The van der Waals surface area contributed by atoms with Gasteiger partial charge in [0.1, 0.15) is 16.5 Å². The lowest BCUT2D eigenvalue weighted by atomic mass is 10.1. The van der Waals surface area contributed by atoms with Gasteiger partial charge in [0.25, 0.3) is 0 Å². The highest BCUT2D eigenvalue weighted by Gasteiger charge is 2.27. The molecule has 4 rings (SSSR count). The van der Waals surface area contributed by atoms with Crippen LogP contribution in [0.4, 0.5) is 5.82 Å². The van der Waals surface area contributed by atoms with Crippen LogP contribution >= 0.6 is 0 Å². The normalized spacial score (nSPS) is 15.0. The molecule has 0 aliphatic carbocycles. The van der Waals surface area contributed by atoms with Crippen molar-refractivity contribution in [1.82, 2.24) is 9.29 Å². The Balaban J connectivity index is 1.49. The van der Waals surface area contributed by atoms with Crippen LogP contribution in [0.15, 0.2) is 59.6 Å². The maximum atomic E-state index is 12.6. The van der Waals surface area contributed by atoms with E-state index in [4.69, 9.17) is 4.74 Å². The molecule has 3 aromatic rings. The number of ether oxygens (including phenoxy) is 1. The molecule has 2 aromatic carbocycles. The van der Waals surface area contributed by atoms with Crippen molar-refractivity contribution in [1.29, 1.82) is 0 Å². The standard InChI is InChI=1S/C22H25N3O3S/c1-24(16-17-5-6-19-14-20(28-2)8-7-18(19)13-17)22-10-9-21(15-23-22)29(26,27)25-11-3-4-12-25/h5-10,13-15H,3-4,11-12,16H2,1-2H3. The quantitative estimate of drug-likeness (QED) is 0.619. The first kappa shape index (κ1) is 19.7. The number of sulfonamides is 1. The molecule has 0 N–H and O–H groups in total. The zero-order chi connectivity index (χ0) is 20.4. The zero-order valence-corrected chi connectivity index (χ0v) is 17.5. The molecule has 0 radical (unpaired) electrons. The van der Waals surface area contributed by atoms with Crippen LogP contribution in [0.5, 0.6) is 5.75 Å². The Bertz CT molecular complexity index is 1110. The fourth-order valence-corrected chi connectivity index (χ4v) is 5.14. The zero-order valence-electron chi connectivity index (χ0n) is 16.7. The van der Waals surface area contributed by atoms with Crippen LogP contribution in [0.2, 0.25) is 0 Å². The molecular weight excluding hydrogens is 386 g/mol. The number of hydrogen-bond acceptors (Lipinski definition) is 5. The highest BCUT2D eigenvalue weighted by molar-refractivity contribution is 7.89. The number of benzene rings is 2. The summed E-state index contributed by atoms with van der Waals surface area (Å²) in [5.74, 6) is 1.58. The van der Waals surface area contributed by atoms with Crippen molar-refractivity contribution >= 4 is 26.6 Å². The molecule has 0 unspecified atom stereocenters. The first-order chi connectivity index (χ1) is 14.0. The molecular formula is C22H25N3O3S. The molecule has 6 nitrogen and oxygen atoms in total. The third kappa shape index (κ3) is 4.06. The van der Waals surface area contributed by atoms with Gasteiger partial charge in [0, 0.05) is 32.9 Å². The van der Waals surface area contributed by atoms with E-state index < -0.39 is 10.0 Å². The highest BCUT2D eigenvalue weighted by atomic mass is 32.2. The van der Waals surface area contributed by atoms with Crippen LogP contribution < -0.4 is 9.64 Å². The average molecular weight is 412 g/mol. The summed E-state index contributed by atoms with van der Waals surface area (Å²) in [7, 11) is 0.191. The van der Waals surface area contributed by atoms with Gasteiger partial charge in [-0.1, -0.05) is 18.2 Å². The average Bonchev–Trinajstić information content (AvgIpc) is 3.29. The van der Waals surface area contributed by atoms with Gasteiger partial charge in [0.05, 0.1) is 7.11 Å². The second-order valence-electron chi connectivity index (χ2n) is 7.37. The van der Waals surface area contributed by atoms with Gasteiger partial charge in [-0.3, -0.25) is 0 Å². The summed E-state index contributed by atoms with van der Waals surface area (Å²) in [6, 6.07) is 15.8. The second kappa shape index (κ2) is 8.00. The number of rotatable bonds is 6. The van der Waals surface area contributed by atoms with Crippen LogP contribution in [0.1, 0.15) is 18.4 Å². The summed E-state index contributed by atoms with van der Waals surface area (Å²) < 4.78 is 32.1. The number of pyridine rings is 1. The monoisotopic (exact) mass is 411 g/mol. The maximum Gasteiger partial charge on any atom is 0.244 e. The Kier molecular flexibility index (Phi) is 5.43. The minimum atomic E-state index is -3.43. The van der Waals surface area contributed by atoms with Crippen molar-refractivity contribution in [2.75, 3.05) is 32.1 Å². The van der Waals surface area contributed by atoms with Gasteiger partial charge in [0.15, 0.2) is 0 Å². The fraction of sp³-hybridized carbons (Fsp3) is 0.318. The maximum absolute atomic E-state index is 12.6. The predicted molar refractivity (Wildman–Crippen MR) is 115 cm³/mol. The van der Waals surface area contributed by atoms with E-state index in [0.717, 1.165) is 40.7 Å². The number of methoxy groups -OCH3 is 1. The van der Waals surface area contributed by atoms with Crippen LogP contribution in [0.25, 0.3) is 10.8 Å². The molecule has 2 heterocycles. The van der Waals surface area contributed by atoms with E-state index in [0.29, 0.717) is 19.6 Å². The Labute approximate surface area is 171 Å². The molecule has 0 saturated carbocycles. The second-order valence-corrected chi connectivity index (χ2v) is 9.30. The lowest BCUT2D eigenvalue weighted by Crippen LogP contribution is -2.28. The molecule has 0 bridgehead atoms. The number of aromatic nitrogens is 1. The fourth-order valence-electron chi connectivity index (χ4n) is 3.68. The third-order valence-electron chi connectivity index (χ3n) is 5.35. The molecule has 1 aromatic heterocycles. The largest absolute Gasteiger partial charge is 0.497 e. The molecule has 0 spiro atoms. The molecule has 1 aliphatic rings. The SMILES string of the molecule is COc1ccc2cc(CN(C)c3ccc(S(=O)(=O)N4CCCC4)cn3)ccc2c1. The van der Waals surface area contributed by atoms with Crippen LogP contribution in [-0.2, 0) is 16.6 Å². The smallest absolute Gasteiger partial charge is 0.244 e. The van der Waals surface area contributed by atoms with E-state index >= 15 is 0 Å². The topological polar surface area (TPSA) is 62.7 Å². The predicted octanol–water partition coefficient (Wildman–Crippen LogP) is 3.66. The van der Waals surface area contributed by atoms with Crippen molar-refractivity contribution in [3.63, 3.8) is 0 Å². The summed E-state index contributed by atoms with van der Waals surface area (Å²) in [6.07, 6.45) is 3.31. The lowest BCUT2D eigenvalue weighted by molar-refractivity contribution is 0.415. The minimum Gasteiger partial charge on any atom is -0.497 e. The summed E-state index contributed by atoms with van der Waals surface area (Å²) in [5.41, 5.74) is 1.15. The molecule has 29 heavy (non-hydrogen) atoms. The molecule has 0 amide bonds. The highest BCUT2D eigenvalue weighted by Crippen LogP contribution is 2.24. The van der Waals surface area contributed by atoms with Crippen molar-refractivity contribution in [3.05, 3.63) is 60.3 Å². The van der Waals surface area contributed by atoms with Gasteiger partial charge in [-0.15, -0.1) is 0 Å². The van der Waals surface area contributed by atoms with Crippen molar-refractivity contribution in [2.24, 2.45) is 0 Å². The van der Waals surface area contributed by atoms with Crippen LogP contribution in [0.3, 0.4) is 0 Å². The van der Waals surface area contributed by atoms with Gasteiger partial charge >= 0.3 is 0 Å². The van der Waals surface area contributed by atoms with E-state index in [1.165, 1.54) is 10.5 Å². The van der Waals surface area contributed by atoms with Gasteiger partial charge < -0.3 is 9.64 Å². The molecule has 152 valence electrons. The molecule has 1 aliphatic heterocycles.